The van der Waals surface area contributed by atoms with E-state index in [0.29, 0.717) is 17.8 Å². The molecule has 1 heterocycles. The zero-order chi connectivity index (χ0) is 21.1. The Kier molecular flexibility index (Phi) is 6.56. The summed E-state index contributed by atoms with van der Waals surface area (Å²) < 4.78 is 47.3. The molecular weight excluding hydrogens is 395 g/mol. The molecular formula is C19H21ClF3N3O2. The van der Waals surface area contributed by atoms with Crippen molar-refractivity contribution in [1.82, 2.24) is 9.88 Å². The normalized spacial score (nSPS) is 14.2. The van der Waals surface area contributed by atoms with Gasteiger partial charge in [-0.15, -0.1) is 0 Å². The lowest BCUT2D eigenvalue weighted by Crippen LogP contribution is -2.44. The first-order valence-corrected chi connectivity index (χ1v) is 8.78. The number of aliphatic hydroxyl groups is 1. The lowest BCUT2D eigenvalue weighted by Gasteiger charge is -2.32. The fourth-order valence-electron chi connectivity index (χ4n) is 2.56. The van der Waals surface area contributed by atoms with Crippen LogP contribution in [0.15, 0.2) is 35.3 Å². The smallest absolute Gasteiger partial charge is 0.427 e. The van der Waals surface area contributed by atoms with Crippen molar-refractivity contribution in [2.45, 2.75) is 25.6 Å². The quantitative estimate of drug-likeness (QED) is 0.430. The minimum Gasteiger partial charge on any atom is -0.496 e. The van der Waals surface area contributed by atoms with Crippen molar-refractivity contribution < 1.29 is 23.0 Å². The number of benzene rings is 1. The molecule has 0 bridgehead atoms. The summed E-state index contributed by atoms with van der Waals surface area (Å²) in [5, 5.41) is 10.7. The predicted molar refractivity (Wildman–Crippen MR) is 102 cm³/mol. The molecule has 1 aromatic heterocycles. The molecule has 0 aliphatic carbocycles. The van der Waals surface area contributed by atoms with Gasteiger partial charge in [-0.25, -0.2) is 9.98 Å². The number of aromatic nitrogens is 1. The van der Waals surface area contributed by atoms with Gasteiger partial charge >= 0.3 is 6.18 Å². The van der Waals surface area contributed by atoms with Crippen LogP contribution in [0.2, 0.25) is 5.15 Å². The van der Waals surface area contributed by atoms with Gasteiger partial charge in [0.1, 0.15) is 10.9 Å². The van der Waals surface area contributed by atoms with Gasteiger partial charge in [0.2, 0.25) is 5.60 Å². The Labute approximate surface area is 166 Å². The van der Waals surface area contributed by atoms with Crippen molar-refractivity contribution in [2.24, 2.45) is 4.99 Å². The van der Waals surface area contributed by atoms with Crippen LogP contribution in [-0.4, -0.2) is 48.2 Å². The summed E-state index contributed by atoms with van der Waals surface area (Å²) in [5.41, 5.74) is -3.69. The Morgan fingerprint density at radius 2 is 2.00 bits per heavy atom. The zero-order valence-corrected chi connectivity index (χ0v) is 16.6. The highest BCUT2D eigenvalue weighted by atomic mass is 35.5. The SMILES string of the molecule is CCN(C)/C=N/c1cc(OC)c(C(O)(c2cccc(Cl)n2)C(F)(F)F)cc1C. The predicted octanol–water partition coefficient (Wildman–Crippen LogP) is 4.46. The number of methoxy groups -OCH3 is 1. The molecule has 0 aliphatic rings. The number of hydrogen-bond acceptors (Lipinski definition) is 4. The molecule has 5 nitrogen and oxygen atoms in total. The molecule has 0 spiro atoms. The maximum Gasteiger partial charge on any atom is 0.427 e. The number of aliphatic imine (C=N–C) groups is 1. The average Bonchev–Trinajstić information content (AvgIpc) is 2.64. The van der Waals surface area contributed by atoms with E-state index in [9.17, 15) is 18.3 Å². The van der Waals surface area contributed by atoms with E-state index in [4.69, 9.17) is 16.3 Å². The molecule has 1 N–H and O–H groups in total. The third-order valence-electron chi connectivity index (χ3n) is 4.30. The summed E-state index contributed by atoms with van der Waals surface area (Å²) in [7, 11) is 3.04. The highest BCUT2D eigenvalue weighted by molar-refractivity contribution is 6.29. The highest BCUT2D eigenvalue weighted by Crippen LogP contribution is 2.48. The average molecular weight is 416 g/mol. The molecule has 0 saturated carbocycles. The van der Waals surface area contributed by atoms with Gasteiger partial charge in [0.05, 0.1) is 24.8 Å². The third kappa shape index (κ3) is 4.23. The lowest BCUT2D eigenvalue weighted by molar-refractivity contribution is -0.250. The van der Waals surface area contributed by atoms with E-state index in [0.717, 1.165) is 6.07 Å². The first kappa shape index (κ1) is 22.0. The minimum atomic E-state index is -5.07. The molecule has 0 amide bonds. The largest absolute Gasteiger partial charge is 0.496 e. The summed E-state index contributed by atoms with van der Waals surface area (Å²) >= 11 is 5.76. The summed E-state index contributed by atoms with van der Waals surface area (Å²) in [4.78, 5) is 9.78. The summed E-state index contributed by atoms with van der Waals surface area (Å²) in [6.07, 6.45) is -3.51. The summed E-state index contributed by atoms with van der Waals surface area (Å²) in [5.74, 6) is -0.168. The van der Waals surface area contributed by atoms with E-state index in [1.165, 1.54) is 31.4 Å². The maximum atomic E-state index is 14.0. The Morgan fingerprint density at radius 3 is 2.54 bits per heavy atom. The van der Waals surface area contributed by atoms with Crippen molar-refractivity contribution in [2.75, 3.05) is 20.7 Å². The van der Waals surface area contributed by atoms with Crippen molar-refractivity contribution in [3.63, 3.8) is 0 Å². The molecule has 152 valence electrons. The number of hydrogen-bond donors (Lipinski definition) is 1. The number of nitrogens with zero attached hydrogens (tertiary/aromatic N) is 3. The molecule has 28 heavy (non-hydrogen) atoms. The summed E-state index contributed by atoms with van der Waals surface area (Å²) in [6, 6.07) is 6.24. The van der Waals surface area contributed by atoms with Crippen molar-refractivity contribution in [3.05, 3.63) is 52.3 Å². The molecule has 9 heteroatoms. The van der Waals surface area contributed by atoms with Crippen LogP contribution in [0.4, 0.5) is 18.9 Å². The molecule has 0 radical (unpaired) electrons. The van der Waals surface area contributed by atoms with E-state index in [1.807, 2.05) is 18.9 Å². The van der Waals surface area contributed by atoms with Gasteiger partial charge in [-0.2, -0.15) is 13.2 Å². The monoisotopic (exact) mass is 415 g/mol. The van der Waals surface area contributed by atoms with Gasteiger partial charge in [-0.1, -0.05) is 17.7 Å². The van der Waals surface area contributed by atoms with Gasteiger partial charge < -0.3 is 14.7 Å². The molecule has 2 rings (SSSR count). The molecule has 2 aromatic rings. The van der Waals surface area contributed by atoms with Gasteiger partial charge in [-0.05, 0) is 37.6 Å². The van der Waals surface area contributed by atoms with E-state index in [2.05, 4.69) is 9.98 Å². The van der Waals surface area contributed by atoms with Crippen LogP contribution in [0.5, 0.6) is 5.75 Å². The van der Waals surface area contributed by atoms with Gasteiger partial charge in [0.15, 0.2) is 0 Å². The van der Waals surface area contributed by atoms with Crippen LogP contribution in [0.25, 0.3) is 0 Å². The lowest BCUT2D eigenvalue weighted by atomic mass is 9.87. The number of rotatable bonds is 6. The second kappa shape index (κ2) is 8.36. The summed E-state index contributed by atoms with van der Waals surface area (Å²) in [6.45, 7) is 4.25. The van der Waals surface area contributed by atoms with Crippen LogP contribution in [-0.2, 0) is 5.60 Å². The standard InChI is InChI=1S/C19H21ClF3N3O2/c1-5-26(3)11-24-14-10-15(28-4)13(9-12(14)2)18(27,19(21,22)23)16-7-6-8-17(20)25-16/h6-11,27H,5H2,1-4H3/b24-11+. The molecule has 1 aromatic carbocycles. The number of ether oxygens (including phenoxy) is 1. The molecule has 1 unspecified atom stereocenters. The maximum absolute atomic E-state index is 14.0. The number of alkyl halides is 3. The van der Waals surface area contributed by atoms with Gasteiger partial charge in [0.25, 0.3) is 0 Å². The fourth-order valence-corrected chi connectivity index (χ4v) is 2.72. The van der Waals surface area contributed by atoms with Crippen LogP contribution >= 0.6 is 11.6 Å². The van der Waals surface area contributed by atoms with Crippen molar-refractivity contribution >= 4 is 23.6 Å². The topological polar surface area (TPSA) is 58.0 Å². The van der Waals surface area contributed by atoms with Gasteiger partial charge in [0, 0.05) is 25.2 Å². The molecule has 0 saturated heterocycles. The molecule has 1 atom stereocenters. The molecule has 0 fully saturated rings. The fraction of sp³-hybridized carbons (Fsp3) is 0.368. The zero-order valence-electron chi connectivity index (χ0n) is 15.9. The third-order valence-corrected chi connectivity index (χ3v) is 4.51. The highest BCUT2D eigenvalue weighted by Gasteiger charge is 2.59. The number of halogens is 4. The van der Waals surface area contributed by atoms with E-state index in [-0.39, 0.29) is 10.9 Å². The second-order valence-corrected chi connectivity index (χ2v) is 6.60. The Hall–Kier alpha value is -2.32. The van der Waals surface area contributed by atoms with Crippen LogP contribution in [0.3, 0.4) is 0 Å². The first-order valence-electron chi connectivity index (χ1n) is 8.40. The van der Waals surface area contributed by atoms with Crippen molar-refractivity contribution in [3.8, 4) is 5.75 Å². The van der Waals surface area contributed by atoms with Crippen molar-refractivity contribution in [1.29, 1.82) is 0 Å². The Bertz CT molecular complexity index is 874. The van der Waals surface area contributed by atoms with Crippen LogP contribution in [0, 0.1) is 6.92 Å². The van der Waals surface area contributed by atoms with Crippen LogP contribution < -0.4 is 4.74 Å². The number of pyridine rings is 1. The van der Waals surface area contributed by atoms with Crippen LogP contribution in [0.1, 0.15) is 23.7 Å². The number of aryl methyl sites for hydroxylation is 1. The van der Waals surface area contributed by atoms with E-state index >= 15 is 0 Å². The Balaban J connectivity index is 2.71. The second-order valence-electron chi connectivity index (χ2n) is 6.21. The van der Waals surface area contributed by atoms with Gasteiger partial charge in [-0.3, -0.25) is 0 Å². The van der Waals surface area contributed by atoms with E-state index in [1.54, 1.807) is 13.3 Å². The molecule has 0 aliphatic heterocycles. The minimum absolute atomic E-state index is 0.167. The van der Waals surface area contributed by atoms with E-state index < -0.39 is 23.0 Å². The first-order chi connectivity index (χ1) is 13.0. The Morgan fingerprint density at radius 1 is 1.32 bits per heavy atom.